The molecule has 0 saturated heterocycles. The van der Waals surface area contributed by atoms with Crippen molar-refractivity contribution >= 4 is 0 Å². The molecule has 0 N–H and O–H groups in total. The molecule has 29 heavy (non-hydrogen) atoms. The van der Waals surface area contributed by atoms with Crippen LogP contribution in [0.1, 0.15) is 17.2 Å². The van der Waals surface area contributed by atoms with Gasteiger partial charge in [0.15, 0.2) is 17.2 Å². The maximum atomic E-state index is 9.04. The van der Waals surface area contributed by atoms with Crippen molar-refractivity contribution in [2.75, 3.05) is 0 Å². The first-order chi connectivity index (χ1) is 13.7. The molecule has 0 amide bonds. The Kier molecular flexibility index (Phi) is 8.02. The van der Waals surface area contributed by atoms with Crippen LogP contribution >= 0.6 is 0 Å². The molecule has 0 aliphatic heterocycles. The zero-order valence-electron chi connectivity index (χ0n) is 15.6. The Hall–Kier alpha value is -3.55. The van der Waals surface area contributed by atoms with Gasteiger partial charge in [-0.1, -0.05) is 35.5 Å². The van der Waals surface area contributed by atoms with Crippen molar-refractivity contribution in [3.63, 3.8) is 0 Å². The first kappa shape index (κ1) is 21.7. The van der Waals surface area contributed by atoms with Gasteiger partial charge in [0.25, 0.3) is 0 Å². The number of rotatable bonds is 0. The number of aromatic nitrogens is 2. The quantitative estimate of drug-likeness (QED) is 0.367. The maximum Gasteiger partial charge on any atom is 2.00 e. The number of nitriles is 2. The van der Waals surface area contributed by atoms with Crippen LogP contribution < -0.4 is 0 Å². The topological polar surface area (TPSA) is 65.4 Å². The molecule has 1 aromatic heterocycles. The molecule has 0 aromatic carbocycles. The van der Waals surface area contributed by atoms with E-state index < -0.39 is 0 Å². The van der Waals surface area contributed by atoms with E-state index in [2.05, 4.69) is 29.0 Å². The van der Waals surface area contributed by atoms with Gasteiger partial charge in [0.2, 0.25) is 0 Å². The van der Waals surface area contributed by atoms with Crippen molar-refractivity contribution in [2.24, 2.45) is 7.05 Å². The summed E-state index contributed by atoms with van der Waals surface area (Å²) in [5.41, 5.74) is 3.48. The Morgan fingerprint density at radius 3 is 2.28 bits per heavy atom. The normalized spacial score (nSPS) is 14.9. The molecule has 2 radical (unpaired) electrons. The fraction of sp³-hybridized carbons (Fsp3) is 0.0417. The number of nitrogens with zero attached hydrogens (tertiary/aromatic N) is 4. The summed E-state index contributed by atoms with van der Waals surface area (Å²) < 4.78 is 1.53. The van der Waals surface area contributed by atoms with E-state index in [9.17, 15) is 0 Å². The molecule has 4 nitrogen and oxygen atoms in total. The zero-order valence-corrected chi connectivity index (χ0v) is 16.8. The molecule has 0 atom stereocenters. The van der Waals surface area contributed by atoms with Gasteiger partial charge in [0, 0.05) is 7.05 Å². The molecule has 0 fully saturated rings. The smallest absolute Gasteiger partial charge is 0.311 e. The molecule has 3 aliphatic carbocycles. The summed E-state index contributed by atoms with van der Waals surface area (Å²) in [5, 5.41) is 18.0. The maximum absolute atomic E-state index is 9.04. The molecule has 0 bridgehead atoms. The summed E-state index contributed by atoms with van der Waals surface area (Å²) in [6.45, 7) is 0. The average molecular weight is 416 g/mol. The monoisotopic (exact) mass is 416 g/mol. The second-order valence-electron chi connectivity index (χ2n) is 5.88. The average Bonchev–Trinajstić information content (AvgIpc) is 3.50. The molecule has 1 heterocycles. The molecule has 3 aliphatic rings. The van der Waals surface area contributed by atoms with Gasteiger partial charge in [-0.15, -0.1) is 49.0 Å². The van der Waals surface area contributed by atoms with Crippen molar-refractivity contribution < 1.29 is 17.1 Å². The molecule has 0 saturated carbocycles. The summed E-state index contributed by atoms with van der Waals surface area (Å²) in [6, 6.07) is 3.87. The van der Waals surface area contributed by atoms with E-state index in [4.69, 9.17) is 10.5 Å². The van der Waals surface area contributed by atoms with Crippen molar-refractivity contribution in [1.82, 2.24) is 9.55 Å². The molecule has 0 unspecified atom stereocenters. The number of hydrogen-bond acceptors (Lipinski definition) is 3. The summed E-state index contributed by atoms with van der Waals surface area (Å²) in [5.74, 6) is 6.32. The zero-order chi connectivity index (χ0) is 19.8. The largest absolute Gasteiger partial charge is 2.00 e. The van der Waals surface area contributed by atoms with Gasteiger partial charge in [-0.25, -0.2) is 23.6 Å². The van der Waals surface area contributed by atoms with Gasteiger partial charge in [-0.05, 0) is 5.92 Å². The van der Waals surface area contributed by atoms with Crippen LogP contribution in [0.3, 0.4) is 0 Å². The minimum atomic E-state index is 0. The number of allylic oxidation sites excluding steroid dienone is 12. The minimum Gasteiger partial charge on any atom is -0.311 e. The Morgan fingerprint density at radius 2 is 1.79 bits per heavy atom. The molecule has 5 heteroatoms. The van der Waals surface area contributed by atoms with E-state index in [1.54, 1.807) is 7.05 Å². The second kappa shape index (κ2) is 10.7. The molecular formula is C24H16FeN4. The van der Waals surface area contributed by atoms with Crippen LogP contribution in [-0.4, -0.2) is 9.55 Å². The van der Waals surface area contributed by atoms with E-state index >= 15 is 0 Å². The third-order valence-corrected chi connectivity index (χ3v) is 4.06. The molecule has 0 spiro atoms. The summed E-state index contributed by atoms with van der Waals surface area (Å²) >= 11 is 0. The van der Waals surface area contributed by atoms with E-state index in [1.165, 1.54) is 10.1 Å². The summed E-state index contributed by atoms with van der Waals surface area (Å²) in [6.07, 6.45) is 26.0. The van der Waals surface area contributed by atoms with Crippen LogP contribution in [0, 0.1) is 60.2 Å². The Bertz CT molecular complexity index is 1080. The van der Waals surface area contributed by atoms with Crippen LogP contribution in [0.15, 0.2) is 71.4 Å². The van der Waals surface area contributed by atoms with Crippen LogP contribution in [0.5, 0.6) is 0 Å². The predicted octanol–water partition coefficient (Wildman–Crippen LogP) is 3.80. The Morgan fingerprint density at radius 1 is 1.00 bits per heavy atom. The van der Waals surface area contributed by atoms with Crippen molar-refractivity contribution in [1.29, 1.82) is 10.5 Å². The van der Waals surface area contributed by atoms with Gasteiger partial charge < -0.3 is 4.57 Å². The van der Waals surface area contributed by atoms with Gasteiger partial charge in [-0.2, -0.15) is 10.5 Å². The standard InChI is InChI=1S/C19H11N4.C5H5.Fe/c1-23-18(13-21)17(12-20)22-19(23)11-8-14-6-9-16(10-7-14)15-4-2-3-5-15;1-2-4-5-3-1;/h2-7,9-10H,1H3;1-5H;/q2*-1;+2. The van der Waals surface area contributed by atoms with Crippen molar-refractivity contribution in [3.8, 4) is 24.0 Å². The molecule has 4 rings (SSSR count). The van der Waals surface area contributed by atoms with Gasteiger partial charge in [-0.3, -0.25) is 0 Å². The van der Waals surface area contributed by atoms with Crippen LogP contribution in [0.2, 0.25) is 0 Å². The predicted molar refractivity (Wildman–Crippen MR) is 108 cm³/mol. The SMILES string of the molecule is Cn1c(C#CC2=C[CH-]C(=C3C=CC=C3)C=C2)nc(C#N)c1C#N.[CH]1[CH][CH-]C=C1.[Fe+2]. The molecule has 140 valence electrons. The van der Waals surface area contributed by atoms with Crippen LogP contribution in [-0.2, 0) is 24.1 Å². The third kappa shape index (κ3) is 5.47. The van der Waals surface area contributed by atoms with E-state index in [-0.39, 0.29) is 28.5 Å². The van der Waals surface area contributed by atoms with E-state index in [0.717, 1.165) is 11.1 Å². The first-order valence-corrected chi connectivity index (χ1v) is 8.60. The van der Waals surface area contributed by atoms with E-state index in [1.807, 2.05) is 80.4 Å². The molecule has 1 aromatic rings. The Labute approximate surface area is 182 Å². The van der Waals surface area contributed by atoms with Crippen LogP contribution in [0.4, 0.5) is 0 Å². The molecular weight excluding hydrogens is 400 g/mol. The van der Waals surface area contributed by atoms with Gasteiger partial charge in [0.05, 0.1) is 0 Å². The minimum absolute atomic E-state index is 0. The van der Waals surface area contributed by atoms with Crippen LogP contribution in [0.25, 0.3) is 0 Å². The van der Waals surface area contributed by atoms with Gasteiger partial charge in [0.1, 0.15) is 12.1 Å². The van der Waals surface area contributed by atoms with Crippen molar-refractivity contribution in [3.05, 3.63) is 114 Å². The fourth-order valence-corrected chi connectivity index (χ4v) is 2.58. The Balaban J connectivity index is 0.000000437. The number of imidazole rings is 1. The third-order valence-electron chi connectivity index (χ3n) is 4.06. The van der Waals surface area contributed by atoms with Crippen molar-refractivity contribution in [2.45, 2.75) is 0 Å². The fourth-order valence-electron chi connectivity index (χ4n) is 2.58. The first-order valence-electron chi connectivity index (χ1n) is 8.60. The number of hydrogen-bond donors (Lipinski definition) is 0. The second-order valence-corrected chi connectivity index (χ2v) is 5.88. The summed E-state index contributed by atoms with van der Waals surface area (Å²) in [7, 11) is 1.68. The summed E-state index contributed by atoms with van der Waals surface area (Å²) in [4.78, 5) is 4.08. The van der Waals surface area contributed by atoms with E-state index in [0.29, 0.717) is 5.82 Å². The van der Waals surface area contributed by atoms with Gasteiger partial charge >= 0.3 is 17.1 Å².